The molecule has 0 fully saturated rings. The molecule has 2 atom stereocenters. The van der Waals surface area contributed by atoms with E-state index in [1.54, 1.807) is 11.3 Å². The van der Waals surface area contributed by atoms with Crippen molar-refractivity contribution in [3.05, 3.63) is 51.4 Å². The van der Waals surface area contributed by atoms with Crippen LogP contribution in [0.4, 0.5) is 0 Å². The maximum atomic E-state index is 6.40. The summed E-state index contributed by atoms with van der Waals surface area (Å²) < 4.78 is 2.19. The molecule has 0 amide bonds. The lowest BCUT2D eigenvalue weighted by Gasteiger charge is -2.18. The summed E-state index contributed by atoms with van der Waals surface area (Å²) in [5.41, 5.74) is 3.21. The number of aromatic nitrogens is 2. The summed E-state index contributed by atoms with van der Waals surface area (Å²) >= 11 is 14.5. The first-order valence-electron chi connectivity index (χ1n) is 6.89. The normalized spacial score (nSPS) is 14.5. The highest BCUT2D eigenvalue weighted by Crippen LogP contribution is 2.33. The summed E-state index contributed by atoms with van der Waals surface area (Å²) in [6.07, 6.45) is 0.941. The molecule has 3 rings (SSSR count). The highest BCUT2D eigenvalue weighted by molar-refractivity contribution is 7.07. The maximum Gasteiger partial charge on any atom is 0.128 e. The second-order valence-corrected chi connectivity index (χ2v) is 7.09. The van der Waals surface area contributed by atoms with Crippen LogP contribution in [0.5, 0.6) is 0 Å². The molecule has 2 unspecified atom stereocenters. The van der Waals surface area contributed by atoms with E-state index in [9.17, 15) is 0 Å². The predicted molar refractivity (Wildman–Crippen MR) is 91.7 cm³/mol. The SMILES string of the molecule is CC(Cl)c1nc2cccc(Cl)c2n1C(C)Cc1ccsc1. The molecule has 0 spiro atoms. The van der Waals surface area contributed by atoms with Crippen molar-refractivity contribution in [3.63, 3.8) is 0 Å². The molecule has 110 valence electrons. The molecule has 0 aliphatic heterocycles. The van der Waals surface area contributed by atoms with Crippen LogP contribution in [0.3, 0.4) is 0 Å². The molecule has 0 radical (unpaired) electrons. The Hall–Kier alpha value is -1.03. The first-order valence-corrected chi connectivity index (χ1v) is 8.65. The van der Waals surface area contributed by atoms with E-state index in [0.717, 1.165) is 28.3 Å². The van der Waals surface area contributed by atoms with Crippen LogP contribution < -0.4 is 0 Å². The van der Waals surface area contributed by atoms with Crippen LogP contribution in [-0.2, 0) is 6.42 Å². The van der Waals surface area contributed by atoms with Crippen molar-refractivity contribution < 1.29 is 0 Å². The molecule has 3 aromatic rings. The third-order valence-electron chi connectivity index (χ3n) is 3.60. The van der Waals surface area contributed by atoms with Crippen molar-refractivity contribution in [2.45, 2.75) is 31.7 Å². The highest BCUT2D eigenvalue weighted by Gasteiger charge is 2.21. The summed E-state index contributed by atoms with van der Waals surface area (Å²) in [5, 5.41) is 4.85. The number of rotatable bonds is 4. The van der Waals surface area contributed by atoms with Gasteiger partial charge >= 0.3 is 0 Å². The van der Waals surface area contributed by atoms with Crippen LogP contribution in [-0.4, -0.2) is 9.55 Å². The molecule has 0 N–H and O–H groups in total. The van der Waals surface area contributed by atoms with Crippen LogP contribution in [0.1, 0.15) is 36.7 Å². The Kier molecular flexibility index (Phi) is 4.25. The Bertz CT molecular complexity index is 747. The van der Waals surface area contributed by atoms with E-state index in [1.165, 1.54) is 5.56 Å². The van der Waals surface area contributed by atoms with Gasteiger partial charge in [-0.3, -0.25) is 0 Å². The van der Waals surface area contributed by atoms with E-state index in [1.807, 2.05) is 25.1 Å². The van der Waals surface area contributed by atoms with Gasteiger partial charge in [0.05, 0.1) is 21.4 Å². The summed E-state index contributed by atoms with van der Waals surface area (Å²) in [6.45, 7) is 4.13. The lowest BCUT2D eigenvalue weighted by molar-refractivity contribution is 0.535. The second kappa shape index (κ2) is 5.99. The number of halogens is 2. The van der Waals surface area contributed by atoms with E-state index < -0.39 is 0 Å². The minimum absolute atomic E-state index is 0.154. The van der Waals surface area contributed by atoms with Gasteiger partial charge in [-0.15, -0.1) is 11.6 Å². The zero-order valence-electron chi connectivity index (χ0n) is 11.9. The van der Waals surface area contributed by atoms with Crippen molar-refractivity contribution in [1.82, 2.24) is 9.55 Å². The fraction of sp³-hybridized carbons (Fsp3) is 0.312. The lowest BCUT2D eigenvalue weighted by Crippen LogP contribution is -2.12. The first-order chi connectivity index (χ1) is 10.1. The fourth-order valence-electron chi connectivity index (χ4n) is 2.69. The highest BCUT2D eigenvalue weighted by atomic mass is 35.5. The monoisotopic (exact) mass is 338 g/mol. The van der Waals surface area contributed by atoms with Crippen LogP contribution in [0.15, 0.2) is 35.0 Å². The largest absolute Gasteiger partial charge is 0.322 e. The van der Waals surface area contributed by atoms with Gasteiger partial charge in [0.1, 0.15) is 5.82 Å². The molecule has 0 aliphatic rings. The molecule has 1 aromatic carbocycles. The predicted octanol–water partition coefficient (Wildman–Crippen LogP) is 5.85. The number of hydrogen-bond acceptors (Lipinski definition) is 2. The summed E-state index contributed by atoms with van der Waals surface area (Å²) in [6, 6.07) is 8.22. The summed E-state index contributed by atoms with van der Waals surface area (Å²) in [5.74, 6) is 0.877. The Morgan fingerprint density at radius 1 is 1.29 bits per heavy atom. The number of benzene rings is 1. The van der Waals surface area contributed by atoms with E-state index in [2.05, 4.69) is 33.3 Å². The van der Waals surface area contributed by atoms with Crippen LogP contribution in [0, 0.1) is 0 Å². The molecule has 0 saturated carbocycles. The number of imidazole rings is 1. The summed E-state index contributed by atoms with van der Waals surface area (Å²) in [4.78, 5) is 4.67. The van der Waals surface area contributed by atoms with Crippen molar-refractivity contribution in [2.24, 2.45) is 0 Å². The number of hydrogen-bond donors (Lipinski definition) is 0. The van der Waals surface area contributed by atoms with Gasteiger partial charge < -0.3 is 4.57 Å². The Balaban J connectivity index is 2.12. The average molecular weight is 339 g/mol. The molecular formula is C16H16Cl2N2S. The maximum absolute atomic E-state index is 6.40. The number of nitrogens with zero attached hydrogens (tertiary/aromatic N) is 2. The Labute approximate surface area is 138 Å². The van der Waals surface area contributed by atoms with Crippen molar-refractivity contribution >= 4 is 45.6 Å². The topological polar surface area (TPSA) is 17.8 Å². The first kappa shape index (κ1) is 14.9. The number of para-hydroxylation sites is 1. The van der Waals surface area contributed by atoms with E-state index in [4.69, 9.17) is 23.2 Å². The molecule has 0 aliphatic carbocycles. The standard InChI is InChI=1S/C16H16Cl2N2S/c1-10(8-12-6-7-21-9-12)20-15-13(18)4-3-5-14(15)19-16(20)11(2)17/h3-7,9-11H,8H2,1-2H3. The molecule has 0 bridgehead atoms. The van der Waals surface area contributed by atoms with Gasteiger partial charge in [0.25, 0.3) is 0 Å². The zero-order valence-corrected chi connectivity index (χ0v) is 14.2. The van der Waals surface area contributed by atoms with Crippen molar-refractivity contribution in [3.8, 4) is 0 Å². The van der Waals surface area contributed by atoms with Crippen molar-refractivity contribution in [2.75, 3.05) is 0 Å². The third-order valence-corrected chi connectivity index (χ3v) is 4.83. The lowest BCUT2D eigenvalue weighted by atomic mass is 10.1. The van der Waals surface area contributed by atoms with Crippen molar-refractivity contribution in [1.29, 1.82) is 0 Å². The van der Waals surface area contributed by atoms with Gasteiger partial charge in [-0.1, -0.05) is 17.7 Å². The van der Waals surface area contributed by atoms with Crippen LogP contribution in [0.2, 0.25) is 5.02 Å². The van der Waals surface area contributed by atoms with E-state index in [0.29, 0.717) is 0 Å². The van der Waals surface area contributed by atoms with Crippen LogP contribution in [0.25, 0.3) is 11.0 Å². The Morgan fingerprint density at radius 2 is 2.10 bits per heavy atom. The van der Waals surface area contributed by atoms with E-state index in [-0.39, 0.29) is 11.4 Å². The molecule has 2 nitrogen and oxygen atoms in total. The minimum atomic E-state index is -0.154. The zero-order chi connectivity index (χ0) is 15.0. The van der Waals surface area contributed by atoms with Crippen LogP contribution >= 0.6 is 34.5 Å². The molecule has 21 heavy (non-hydrogen) atoms. The van der Waals surface area contributed by atoms with Gasteiger partial charge in [0, 0.05) is 6.04 Å². The smallest absolute Gasteiger partial charge is 0.128 e. The second-order valence-electron chi connectivity index (χ2n) is 5.25. The summed E-state index contributed by atoms with van der Waals surface area (Å²) in [7, 11) is 0. The average Bonchev–Trinajstić information content (AvgIpc) is 3.05. The molecule has 5 heteroatoms. The molecule has 2 heterocycles. The van der Waals surface area contributed by atoms with Gasteiger partial charge in [0.2, 0.25) is 0 Å². The van der Waals surface area contributed by atoms with Gasteiger partial charge in [0.15, 0.2) is 0 Å². The van der Waals surface area contributed by atoms with Gasteiger partial charge in [-0.2, -0.15) is 11.3 Å². The quantitative estimate of drug-likeness (QED) is 0.545. The Morgan fingerprint density at radius 3 is 2.76 bits per heavy atom. The van der Waals surface area contributed by atoms with Gasteiger partial charge in [-0.25, -0.2) is 4.98 Å². The number of fused-ring (bicyclic) bond motifs is 1. The number of alkyl halides is 1. The molecule has 0 saturated heterocycles. The fourth-order valence-corrected chi connectivity index (χ4v) is 3.79. The number of thiophene rings is 1. The van der Waals surface area contributed by atoms with Gasteiger partial charge in [-0.05, 0) is 54.8 Å². The molecule has 2 aromatic heterocycles. The van der Waals surface area contributed by atoms with E-state index >= 15 is 0 Å². The molecular weight excluding hydrogens is 323 g/mol. The minimum Gasteiger partial charge on any atom is -0.322 e. The third kappa shape index (κ3) is 2.83.